The molecule has 3 atom stereocenters. The number of nitrogens with one attached hydrogen (secondary N) is 4. The fourth-order valence-electron chi connectivity index (χ4n) is 7.35. The van der Waals surface area contributed by atoms with E-state index in [1.807, 2.05) is 56.5 Å². The maximum Gasteiger partial charge on any atom is 0.226 e. The molecule has 0 aromatic carbocycles. The zero-order valence-corrected chi connectivity index (χ0v) is 40.2. The molecule has 1 rings (SSSR count). The van der Waals surface area contributed by atoms with Gasteiger partial charge in [-0.1, -0.05) is 62.6 Å². The van der Waals surface area contributed by atoms with Crippen LogP contribution in [-0.2, 0) is 43.5 Å². The molecule has 16 nitrogen and oxygen atoms in total. The molecule has 1 aliphatic heterocycles. The minimum atomic E-state index is -4.28. The zero-order chi connectivity index (χ0) is 45.1. The summed E-state index contributed by atoms with van der Waals surface area (Å²) in [5.74, 6) is 0.123. The Labute approximate surface area is 369 Å². The van der Waals surface area contributed by atoms with Gasteiger partial charge in [0.25, 0.3) is 0 Å². The van der Waals surface area contributed by atoms with Crippen LogP contribution in [0.4, 0.5) is 0 Å². The average molecular weight is 913 g/mol. The van der Waals surface area contributed by atoms with Gasteiger partial charge in [-0.2, -0.15) is 0 Å². The van der Waals surface area contributed by atoms with Crippen LogP contribution in [0.3, 0.4) is 0 Å². The number of hydrogen-bond acceptors (Lipinski definition) is 13. The summed E-state index contributed by atoms with van der Waals surface area (Å²) in [6.07, 6.45) is 7.03. The minimum Gasteiger partial charge on any atom is -0.748 e. The van der Waals surface area contributed by atoms with Crippen molar-refractivity contribution in [2.45, 2.75) is 110 Å². The topological polar surface area (TPSA) is 227 Å². The quantitative estimate of drug-likeness (QED) is 0.0264. The molecule has 60 heavy (non-hydrogen) atoms. The SMILES string of the molecule is CCC(C)(CC(C)(CC(C)(C)C(=O)NCCCNC(=O)CCCCC1CCSS1)C(=O)NCCC[N+](C)(C)CCCS(=O)(=O)[O-])C(=O)NCCOCCOCCOCCN. The van der Waals surface area contributed by atoms with Crippen LogP contribution >= 0.6 is 21.6 Å². The molecule has 1 heterocycles. The van der Waals surface area contributed by atoms with Gasteiger partial charge in [0.2, 0.25) is 23.6 Å². The number of ether oxygens (including phenoxy) is 3. The number of amides is 4. The Morgan fingerprint density at radius 3 is 1.92 bits per heavy atom. The van der Waals surface area contributed by atoms with Crippen molar-refractivity contribution in [1.29, 1.82) is 0 Å². The average Bonchev–Trinajstić information content (AvgIpc) is 3.69. The minimum absolute atomic E-state index is 0.0236. The van der Waals surface area contributed by atoms with Crippen molar-refractivity contribution in [3.63, 3.8) is 0 Å². The Bertz CT molecular complexity index is 1370. The highest BCUT2D eigenvalue weighted by Crippen LogP contribution is 2.44. The largest absolute Gasteiger partial charge is 0.748 e. The van der Waals surface area contributed by atoms with E-state index < -0.39 is 32.1 Å². The van der Waals surface area contributed by atoms with Crippen LogP contribution in [0.1, 0.15) is 105 Å². The lowest BCUT2D eigenvalue weighted by Gasteiger charge is -2.41. The van der Waals surface area contributed by atoms with Crippen LogP contribution < -0.4 is 27.0 Å². The Hall–Kier alpha value is -1.71. The summed E-state index contributed by atoms with van der Waals surface area (Å²) in [7, 11) is 3.50. The number of carbonyl (C=O) groups excluding carboxylic acids is 4. The third-order valence-electron chi connectivity index (χ3n) is 10.9. The Kier molecular flexibility index (Phi) is 27.8. The molecule has 19 heteroatoms. The molecule has 352 valence electrons. The van der Waals surface area contributed by atoms with Crippen molar-refractivity contribution in [2.75, 3.05) is 111 Å². The van der Waals surface area contributed by atoms with Crippen molar-refractivity contribution in [3.05, 3.63) is 0 Å². The Balaban J connectivity index is 2.83. The molecule has 4 amide bonds. The van der Waals surface area contributed by atoms with Gasteiger partial charge in [0.15, 0.2) is 0 Å². The lowest BCUT2D eigenvalue weighted by Crippen LogP contribution is -2.51. The molecule has 6 N–H and O–H groups in total. The summed E-state index contributed by atoms with van der Waals surface area (Å²) in [5.41, 5.74) is 2.35. The van der Waals surface area contributed by atoms with E-state index in [-0.39, 0.29) is 56.0 Å². The summed E-state index contributed by atoms with van der Waals surface area (Å²) in [5, 5.41) is 12.7. The predicted octanol–water partition coefficient (Wildman–Crippen LogP) is 3.19. The van der Waals surface area contributed by atoms with Gasteiger partial charge < -0.3 is 50.2 Å². The smallest absolute Gasteiger partial charge is 0.226 e. The number of unbranched alkanes of at least 4 members (excludes halogenated alkanes) is 1. The number of rotatable bonds is 36. The summed E-state index contributed by atoms with van der Waals surface area (Å²) in [6.45, 7) is 14.6. The molecule has 0 bridgehead atoms. The highest BCUT2D eigenvalue weighted by Gasteiger charge is 2.47. The first-order valence-electron chi connectivity index (χ1n) is 21.8. The Morgan fingerprint density at radius 1 is 0.733 bits per heavy atom. The number of carbonyl (C=O) groups is 4. The second kappa shape index (κ2) is 29.6. The van der Waals surface area contributed by atoms with Crippen molar-refractivity contribution >= 4 is 55.3 Å². The maximum absolute atomic E-state index is 14.2. The highest BCUT2D eigenvalue weighted by molar-refractivity contribution is 8.77. The van der Waals surface area contributed by atoms with Crippen LogP contribution in [0.25, 0.3) is 0 Å². The van der Waals surface area contributed by atoms with E-state index in [9.17, 15) is 32.1 Å². The fourth-order valence-corrected chi connectivity index (χ4v) is 10.9. The lowest BCUT2D eigenvalue weighted by atomic mass is 9.64. The third kappa shape index (κ3) is 25.4. The van der Waals surface area contributed by atoms with Crippen LogP contribution in [0.2, 0.25) is 0 Å². The molecule has 0 spiro atoms. The zero-order valence-electron chi connectivity index (χ0n) is 37.8. The summed E-state index contributed by atoms with van der Waals surface area (Å²) in [6, 6.07) is 0. The van der Waals surface area contributed by atoms with Gasteiger partial charge in [-0.15, -0.1) is 0 Å². The summed E-state index contributed by atoms with van der Waals surface area (Å²) >= 11 is 0. The number of quaternary nitrogens is 1. The second-order valence-corrected chi connectivity index (χ2v) is 22.0. The Morgan fingerprint density at radius 2 is 1.30 bits per heavy atom. The van der Waals surface area contributed by atoms with E-state index in [0.29, 0.717) is 108 Å². The number of nitrogens with zero attached hydrogens (tertiary/aromatic N) is 1. The molecular formula is C41H80N6O10S3. The van der Waals surface area contributed by atoms with E-state index in [0.717, 1.165) is 19.3 Å². The van der Waals surface area contributed by atoms with E-state index in [1.54, 1.807) is 13.8 Å². The monoisotopic (exact) mass is 913 g/mol. The van der Waals surface area contributed by atoms with Crippen LogP contribution in [-0.4, -0.2) is 157 Å². The molecule has 0 aliphatic carbocycles. The molecule has 1 saturated heterocycles. The first-order chi connectivity index (χ1) is 28.2. The van der Waals surface area contributed by atoms with Gasteiger partial charge in [0.1, 0.15) is 0 Å². The van der Waals surface area contributed by atoms with Gasteiger partial charge in [-0.3, -0.25) is 19.2 Å². The number of nitrogens with two attached hydrogens (primary N) is 1. The van der Waals surface area contributed by atoms with E-state index >= 15 is 0 Å². The molecule has 0 saturated carbocycles. The molecule has 1 fully saturated rings. The van der Waals surface area contributed by atoms with Crippen molar-refractivity contribution in [2.24, 2.45) is 22.0 Å². The van der Waals surface area contributed by atoms with Crippen molar-refractivity contribution in [1.82, 2.24) is 21.3 Å². The van der Waals surface area contributed by atoms with Crippen LogP contribution in [0.5, 0.6) is 0 Å². The standard InChI is InChI=1S/C41H80N6O10S3/c1-8-40(4,37(50)46-21-25-56-27-29-57-28-26-55-24-17-42)33-41(5,38(51)45-20-12-22-47(6,7)23-13-31-60(52,53)54)32-39(2,3)36(49)44-19-11-18-43-35(48)15-10-9-14-34-16-30-58-59-34/h34H,8-33,42H2,1-7H3,(H4-,43,44,45,46,48,49,50,51,52,53,54). The van der Waals surface area contributed by atoms with E-state index in [2.05, 4.69) is 21.3 Å². The molecule has 3 unspecified atom stereocenters. The highest BCUT2D eigenvalue weighted by atomic mass is 33.1. The maximum atomic E-state index is 14.2. The van der Waals surface area contributed by atoms with Gasteiger partial charge in [0, 0.05) is 85.0 Å². The van der Waals surface area contributed by atoms with Gasteiger partial charge in [-0.05, 0) is 44.9 Å². The predicted molar refractivity (Wildman–Crippen MR) is 240 cm³/mol. The molecule has 1 aliphatic rings. The van der Waals surface area contributed by atoms with E-state index in [1.165, 1.54) is 12.2 Å². The van der Waals surface area contributed by atoms with Gasteiger partial charge in [-0.25, -0.2) is 8.42 Å². The summed E-state index contributed by atoms with van der Waals surface area (Å²) in [4.78, 5) is 54.0. The third-order valence-corrected chi connectivity index (χ3v) is 14.7. The molecule has 0 radical (unpaired) electrons. The summed E-state index contributed by atoms with van der Waals surface area (Å²) < 4.78 is 50.1. The van der Waals surface area contributed by atoms with Crippen LogP contribution in [0.15, 0.2) is 0 Å². The molecular weight excluding hydrogens is 833 g/mol. The number of hydrogen-bond donors (Lipinski definition) is 5. The van der Waals surface area contributed by atoms with Crippen molar-refractivity contribution in [3.8, 4) is 0 Å². The second-order valence-electron chi connectivity index (χ2n) is 17.7. The molecule has 0 aromatic rings. The first kappa shape index (κ1) is 56.3. The van der Waals surface area contributed by atoms with Crippen molar-refractivity contribution < 1.29 is 50.8 Å². The fraction of sp³-hybridized carbons (Fsp3) is 0.902. The normalized spacial score (nSPS) is 16.8. The molecule has 0 aromatic heterocycles. The van der Waals surface area contributed by atoms with Crippen LogP contribution in [0, 0.1) is 16.2 Å². The lowest BCUT2D eigenvalue weighted by molar-refractivity contribution is -0.890. The van der Waals surface area contributed by atoms with Gasteiger partial charge >= 0.3 is 0 Å². The first-order valence-corrected chi connectivity index (χ1v) is 25.7. The van der Waals surface area contributed by atoms with E-state index in [4.69, 9.17) is 19.9 Å². The van der Waals surface area contributed by atoms with Gasteiger partial charge in [0.05, 0.1) is 76.9 Å².